The molecule has 4 nitrogen and oxygen atoms in total. The van der Waals surface area contributed by atoms with Gasteiger partial charge in [0, 0.05) is 11.5 Å². The first-order valence-corrected chi connectivity index (χ1v) is 9.53. The molecule has 0 fully saturated rings. The van der Waals surface area contributed by atoms with Gasteiger partial charge in [0.25, 0.3) is 0 Å². The van der Waals surface area contributed by atoms with Crippen molar-refractivity contribution < 1.29 is 37.9 Å². The van der Waals surface area contributed by atoms with Crippen LogP contribution in [0.4, 0.5) is 0 Å². The van der Waals surface area contributed by atoms with Gasteiger partial charge >= 0.3 is 24.8 Å². The average molecular weight is 396 g/mol. The van der Waals surface area contributed by atoms with E-state index in [0.29, 0.717) is 30.3 Å². The van der Waals surface area contributed by atoms with E-state index in [2.05, 4.69) is 6.07 Å². The second kappa shape index (κ2) is 10.9. The zero-order valence-corrected chi connectivity index (χ0v) is 18.0. The van der Waals surface area contributed by atoms with Crippen LogP contribution in [0.3, 0.4) is 0 Å². The van der Waals surface area contributed by atoms with Gasteiger partial charge in [-0.2, -0.15) is 0 Å². The minimum atomic E-state index is -0.591. The molecule has 0 radical (unpaired) electrons. The molecule has 30 heavy (non-hydrogen) atoms. The summed E-state index contributed by atoms with van der Waals surface area (Å²) in [4.78, 5) is 12.6. The van der Waals surface area contributed by atoms with Crippen LogP contribution >= 0.6 is 0 Å². The Morgan fingerprint density at radius 1 is 0.800 bits per heavy atom. The van der Waals surface area contributed by atoms with Gasteiger partial charge in [0.15, 0.2) is 0 Å². The maximum absolute atomic E-state index is 12.6. The molecular formula is C25H25LiO4. The largest absolute Gasteiger partial charge is 1.00 e. The molecule has 0 saturated heterocycles. The first kappa shape index (κ1) is 23.6. The molecular weight excluding hydrogens is 371 g/mol. The maximum Gasteiger partial charge on any atom is 1.00 e. The van der Waals surface area contributed by atoms with Gasteiger partial charge in [-0.25, -0.2) is 4.79 Å². The van der Waals surface area contributed by atoms with Gasteiger partial charge in [0.2, 0.25) is 0 Å². The van der Waals surface area contributed by atoms with Crippen molar-refractivity contribution >= 4 is 5.97 Å². The monoisotopic (exact) mass is 396 g/mol. The van der Waals surface area contributed by atoms with Crippen LogP contribution in [0.15, 0.2) is 72.8 Å². The fourth-order valence-electron chi connectivity index (χ4n) is 2.60. The van der Waals surface area contributed by atoms with E-state index in [1.54, 1.807) is 12.1 Å². The Hall–Kier alpha value is -2.67. The molecule has 0 bridgehead atoms. The van der Waals surface area contributed by atoms with Gasteiger partial charge in [0.05, 0.1) is 0 Å². The molecule has 0 aliphatic rings. The zero-order chi connectivity index (χ0) is 20.7. The second-order valence-corrected chi connectivity index (χ2v) is 7.65. The summed E-state index contributed by atoms with van der Waals surface area (Å²) in [6, 6.07) is 26.0. The molecule has 150 valence electrons. The Kier molecular flexibility index (Phi) is 8.59. The van der Waals surface area contributed by atoms with Gasteiger partial charge in [-0.15, -0.1) is 12.1 Å². The van der Waals surface area contributed by atoms with Crippen molar-refractivity contribution in [3.05, 3.63) is 95.6 Å². The summed E-state index contributed by atoms with van der Waals surface area (Å²) < 4.78 is 17.2. The number of hydrogen-bond acceptors (Lipinski definition) is 4. The molecule has 0 N–H and O–H groups in total. The summed E-state index contributed by atoms with van der Waals surface area (Å²) in [5.74, 6) is 0.432. The number of carbonyl (C=O) groups excluding carboxylic acids is 1. The van der Waals surface area contributed by atoms with E-state index in [1.807, 2.05) is 81.4 Å². The number of esters is 1. The molecule has 3 aromatic carbocycles. The molecule has 0 atom stereocenters. The first-order chi connectivity index (χ1) is 13.9. The van der Waals surface area contributed by atoms with E-state index in [0.717, 1.165) is 11.1 Å². The van der Waals surface area contributed by atoms with Crippen LogP contribution in [0.2, 0.25) is 0 Å². The molecule has 0 saturated carbocycles. The third-order valence-electron chi connectivity index (χ3n) is 3.93. The van der Waals surface area contributed by atoms with Crippen molar-refractivity contribution in [3.63, 3.8) is 0 Å². The van der Waals surface area contributed by atoms with Crippen LogP contribution in [0.5, 0.6) is 11.5 Å². The van der Waals surface area contributed by atoms with Crippen LogP contribution in [0.25, 0.3) is 0 Å². The molecule has 3 rings (SSSR count). The normalized spacial score (nSPS) is 10.6. The summed E-state index contributed by atoms with van der Waals surface area (Å²) in [6.07, 6.45) is 0. The topological polar surface area (TPSA) is 44.8 Å². The van der Waals surface area contributed by atoms with Crippen molar-refractivity contribution in [1.29, 1.82) is 0 Å². The number of carbonyl (C=O) groups is 1. The van der Waals surface area contributed by atoms with Crippen LogP contribution in [-0.2, 0) is 18.0 Å². The summed E-state index contributed by atoms with van der Waals surface area (Å²) in [5, 5.41) is 0. The van der Waals surface area contributed by atoms with Crippen molar-refractivity contribution in [1.82, 2.24) is 0 Å². The zero-order valence-electron chi connectivity index (χ0n) is 18.0. The third kappa shape index (κ3) is 7.63. The van der Waals surface area contributed by atoms with Crippen LogP contribution in [0, 0.1) is 6.07 Å². The third-order valence-corrected chi connectivity index (χ3v) is 3.93. The van der Waals surface area contributed by atoms with E-state index in [4.69, 9.17) is 14.2 Å². The standard InChI is InChI=1S/C25H25O4.Li/c1-25(2,3)29-24(26)21-14-22(27-17-19-10-6-4-7-11-19)16-23(15-21)28-18-20-12-8-5-9-13-20;/h4-15H,17-18H2,1-3H3;/q-1;+1. The average Bonchev–Trinajstić information content (AvgIpc) is 2.71. The molecule has 5 heteroatoms. The molecule has 0 unspecified atom stereocenters. The quantitative estimate of drug-likeness (QED) is 0.350. The minimum Gasteiger partial charge on any atom is -0.515 e. The Morgan fingerprint density at radius 3 is 1.63 bits per heavy atom. The molecule has 0 heterocycles. The summed E-state index contributed by atoms with van der Waals surface area (Å²) in [7, 11) is 0. The van der Waals surface area contributed by atoms with E-state index < -0.39 is 11.6 Å². The maximum atomic E-state index is 12.6. The fourth-order valence-corrected chi connectivity index (χ4v) is 2.60. The predicted molar refractivity (Wildman–Crippen MR) is 112 cm³/mol. The SMILES string of the molecule is CC(C)(C)OC(=O)c1cc(OCc2ccccc2)[c-]c(OCc2ccccc2)c1.[Li+]. The van der Waals surface area contributed by atoms with Gasteiger partial charge in [-0.3, -0.25) is 0 Å². The van der Waals surface area contributed by atoms with Crippen molar-refractivity contribution in [2.24, 2.45) is 0 Å². The van der Waals surface area contributed by atoms with Gasteiger partial charge in [-0.05, 0) is 37.5 Å². The summed E-state index contributed by atoms with van der Waals surface area (Å²) in [5.41, 5.74) is 1.82. The number of hydrogen-bond donors (Lipinski definition) is 0. The molecule has 0 aliphatic carbocycles. The van der Waals surface area contributed by atoms with E-state index in [9.17, 15) is 4.79 Å². The van der Waals surface area contributed by atoms with Gasteiger partial charge in [0.1, 0.15) is 18.8 Å². The molecule has 3 aromatic rings. The molecule has 0 amide bonds. The second-order valence-electron chi connectivity index (χ2n) is 7.65. The number of ether oxygens (including phenoxy) is 3. The first-order valence-electron chi connectivity index (χ1n) is 9.53. The minimum absolute atomic E-state index is 0. The van der Waals surface area contributed by atoms with Crippen molar-refractivity contribution in [3.8, 4) is 11.5 Å². The Balaban J connectivity index is 0.00000320. The van der Waals surface area contributed by atoms with Crippen molar-refractivity contribution in [2.75, 3.05) is 0 Å². The van der Waals surface area contributed by atoms with E-state index >= 15 is 0 Å². The Morgan fingerprint density at radius 2 is 1.23 bits per heavy atom. The van der Waals surface area contributed by atoms with Gasteiger partial charge in [-0.1, -0.05) is 66.7 Å². The summed E-state index contributed by atoms with van der Waals surface area (Å²) >= 11 is 0. The van der Waals surface area contributed by atoms with Crippen LogP contribution in [0.1, 0.15) is 42.3 Å². The smallest absolute Gasteiger partial charge is 0.515 e. The van der Waals surface area contributed by atoms with Crippen LogP contribution < -0.4 is 28.3 Å². The Labute approximate surface area is 190 Å². The molecule has 0 spiro atoms. The van der Waals surface area contributed by atoms with Crippen LogP contribution in [-0.4, -0.2) is 11.6 Å². The van der Waals surface area contributed by atoms with Gasteiger partial charge < -0.3 is 14.2 Å². The van der Waals surface area contributed by atoms with Crippen molar-refractivity contribution in [2.45, 2.75) is 39.6 Å². The number of rotatable bonds is 7. The molecule has 0 aliphatic heterocycles. The number of benzene rings is 3. The summed E-state index contributed by atoms with van der Waals surface area (Å²) in [6.45, 7) is 6.24. The van der Waals surface area contributed by atoms with E-state index in [-0.39, 0.29) is 18.9 Å². The predicted octanol–water partition coefficient (Wildman–Crippen LogP) is 2.60. The fraction of sp³-hybridized carbons (Fsp3) is 0.240. The van der Waals surface area contributed by atoms with E-state index in [1.165, 1.54) is 0 Å². The molecule has 0 aromatic heterocycles. The Bertz CT molecular complexity index is 873.